The number of hydrogen-bond acceptors (Lipinski definition) is 5. The standard InChI is InChI=1S/C26H24ClN5O2/c1-16-12-17(6-7-18(16)15-34-2)22-9-8-21(14-23(22)24-29-31-32-30-24)28-25(33)26(10-11-26)19-4-3-5-20(27)13-19/h3-9,12-14H,10-11,15H2,1-2H3,(H,28,33)(H,29,30,31,32). The monoisotopic (exact) mass is 473 g/mol. The van der Waals surface area contributed by atoms with E-state index in [9.17, 15) is 4.79 Å². The first-order chi connectivity index (χ1) is 16.5. The summed E-state index contributed by atoms with van der Waals surface area (Å²) in [5.41, 5.74) is 6.14. The number of aromatic amines is 1. The number of nitrogens with one attached hydrogen (secondary N) is 2. The summed E-state index contributed by atoms with van der Waals surface area (Å²) in [6.07, 6.45) is 1.59. The van der Waals surface area contributed by atoms with E-state index >= 15 is 0 Å². The van der Waals surface area contributed by atoms with Crippen molar-refractivity contribution in [3.8, 4) is 22.5 Å². The molecule has 3 aromatic carbocycles. The van der Waals surface area contributed by atoms with E-state index in [1.807, 2.05) is 42.5 Å². The molecular formula is C26H24ClN5O2. The molecule has 8 heteroatoms. The van der Waals surface area contributed by atoms with Gasteiger partial charge in [0.15, 0.2) is 5.82 Å². The Morgan fingerprint density at radius 2 is 1.97 bits per heavy atom. The molecule has 5 rings (SSSR count). The van der Waals surface area contributed by atoms with Crippen LogP contribution in [0.15, 0.2) is 60.7 Å². The maximum absolute atomic E-state index is 13.3. The zero-order valence-corrected chi connectivity index (χ0v) is 19.7. The van der Waals surface area contributed by atoms with Gasteiger partial charge in [-0.2, -0.15) is 0 Å². The highest BCUT2D eigenvalue weighted by atomic mass is 35.5. The molecule has 0 spiro atoms. The lowest BCUT2D eigenvalue weighted by atomic mass is 9.94. The van der Waals surface area contributed by atoms with Crippen LogP contribution >= 0.6 is 11.6 Å². The Balaban J connectivity index is 1.48. The number of rotatable bonds is 7. The van der Waals surface area contributed by atoms with Gasteiger partial charge < -0.3 is 10.1 Å². The number of aryl methyl sites for hydroxylation is 1. The fraction of sp³-hybridized carbons (Fsp3) is 0.231. The molecule has 1 aliphatic carbocycles. The number of nitrogens with zero attached hydrogens (tertiary/aromatic N) is 3. The number of H-pyrrole nitrogens is 1. The van der Waals surface area contributed by atoms with E-state index in [1.165, 1.54) is 0 Å². The van der Waals surface area contributed by atoms with E-state index in [0.717, 1.165) is 46.2 Å². The van der Waals surface area contributed by atoms with Crippen molar-refractivity contribution >= 4 is 23.2 Å². The number of halogens is 1. The van der Waals surface area contributed by atoms with Crippen LogP contribution in [0.4, 0.5) is 5.69 Å². The van der Waals surface area contributed by atoms with Crippen LogP contribution < -0.4 is 5.32 Å². The fourth-order valence-corrected chi connectivity index (χ4v) is 4.52. The Bertz CT molecular complexity index is 1350. The zero-order valence-electron chi connectivity index (χ0n) is 18.9. The molecule has 1 saturated carbocycles. The minimum Gasteiger partial charge on any atom is -0.380 e. The minimum absolute atomic E-state index is 0.0380. The Morgan fingerprint density at radius 1 is 1.12 bits per heavy atom. The molecule has 1 aliphatic rings. The van der Waals surface area contributed by atoms with Gasteiger partial charge >= 0.3 is 0 Å². The number of tetrazole rings is 1. The number of amides is 1. The number of carbonyl (C=O) groups excluding carboxylic acids is 1. The largest absolute Gasteiger partial charge is 0.380 e. The normalized spacial score (nSPS) is 14.1. The van der Waals surface area contributed by atoms with Crippen molar-refractivity contribution in [2.45, 2.75) is 31.8 Å². The lowest BCUT2D eigenvalue weighted by Gasteiger charge is -2.17. The van der Waals surface area contributed by atoms with Gasteiger partial charge in [-0.25, -0.2) is 5.10 Å². The van der Waals surface area contributed by atoms with Gasteiger partial charge in [0.05, 0.1) is 12.0 Å². The number of aromatic nitrogens is 4. The minimum atomic E-state index is -0.536. The average Bonchev–Trinajstić information content (AvgIpc) is 3.47. The van der Waals surface area contributed by atoms with Gasteiger partial charge in [-0.15, -0.1) is 5.10 Å². The van der Waals surface area contributed by atoms with E-state index in [1.54, 1.807) is 7.11 Å². The second-order valence-corrected chi connectivity index (χ2v) is 9.07. The molecule has 34 heavy (non-hydrogen) atoms. The fourth-order valence-electron chi connectivity index (χ4n) is 4.33. The summed E-state index contributed by atoms with van der Waals surface area (Å²) < 4.78 is 5.28. The van der Waals surface area contributed by atoms with Crippen molar-refractivity contribution in [3.63, 3.8) is 0 Å². The number of hydrogen-bond donors (Lipinski definition) is 2. The molecule has 7 nitrogen and oxygen atoms in total. The Hall–Kier alpha value is -3.55. The molecule has 0 unspecified atom stereocenters. The van der Waals surface area contributed by atoms with Crippen molar-refractivity contribution in [2.24, 2.45) is 0 Å². The van der Waals surface area contributed by atoms with Crippen LogP contribution in [0.3, 0.4) is 0 Å². The van der Waals surface area contributed by atoms with Crippen LogP contribution in [-0.4, -0.2) is 33.6 Å². The van der Waals surface area contributed by atoms with Gasteiger partial charge in [0.2, 0.25) is 5.91 Å². The van der Waals surface area contributed by atoms with Crippen molar-refractivity contribution < 1.29 is 9.53 Å². The molecule has 4 aromatic rings. The Morgan fingerprint density at radius 3 is 2.65 bits per heavy atom. The molecule has 1 aromatic heterocycles. The summed E-state index contributed by atoms with van der Waals surface area (Å²) in [7, 11) is 1.69. The summed E-state index contributed by atoms with van der Waals surface area (Å²) in [6.45, 7) is 2.62. The zero-order chi connectivity index (χ0) is 23.7. The van der Waals surface area contributed by atoms with Gasteiger partial charge in [0.1, 0.15) is 0 Å². The average molecular weight is 474 g/mol. The van der Waals surface area contributed by atoms with Crippen LogP contribution in [0.25, 0.3) is 22.5 Å². The smallest absolute Gasteiger partial charge is 0.235 e. The second-order valence-electron chi connectivity index (χ2n) is 8.63. The van der Waals surface area contributed by atoms with Gasteiger partial charge in [0, 0.05) is 23.4 Å². The molecule has 0 atom stereocenters. The highest BCUT2D eigenvalue weighted by molar-refractivity contribution is 6.30. The van der Waals surface area contributed by atoms with Crippen molar-refractivity contribution in [1.29, 1.82) is 0 Å². The third kappa shape index (κ3) is 4.20. The maximum atomic E-state index is 13.3. The van der Waals surface area contributed by atoms with E-state index in [4.69, 9.17) is 16.3 Å². The number of anilines is 1. The summed E-state index contributed by atoms with van der Waals surface area (Å²) >= 11 is 6.17. The number of ether oxygens (including phenoxy) is 1. The molecule has 1 fully saturated rings. The van der Waals surface area contributed by atoms with Gasteiger partial charge in [-0.3, -0.25) is 4.79 Å². The van der Waals surface area contributed by atoms with E-state index in [0.29, 0.717) is 23.1 Å². The molecular weight excluding hydrogens is 450 g/mol. The van der Waals surface area contributed by atoms with Crippen LogP contribution in [0, 0.1) is 6.92 Å². The third-order valence-electron chi connectivity index (χ3n) is 6.39. The molecule has 1 heterocycles. The van der Waals surface area contributed by atoms with Crippen LogP contribution in [-0.2, 0) is 21.6 Å². The van der Waals surface area contributed by atoms with Gasteiger partial charge in [0.25, 0.3) is 0 Å². The predicted octanol–water partition coefficient (Wildman–Crippen LogP) is 5.31. The second kappa shape index (κ2) is 9.00. The summed E-state index contributed by atoms with van der Waals surface area (Å²) in [4.78, 5) is 13.3. The van der Waals surface area contributed by atoms with Gasteiger partial charge in [-0.1, -0.05) is 48.0 Å². The number of methoxy groups -OCH3 is 1. The molecule has 0 radical (unpaired) electrons. The molecule has 1 amide bonds. The summed E-state index contributed by atoms with van der Waals surface area (Å²) in [5.74, 6) is 0.490. The first kappa shape index (κ1) is 22.3. The SMILES string of the molecule is COCc1ccc(-c2ccc(NC(=O)C3(c4cccc(Cl)c4)CC3)cc2-c2nnn[nH]2)cc1C. The van der Waals surface area contributed by atoms with Crippen LogP contribution in [0.2, 0.25) is 5.02 Å². The molecule has 0 aliphatic heterocycles. The van der Waals surface area contributed by atoms with Crippen molar-refractivity contribution in [3.05, 3.63) is 82.4 Å². The maximum Gasteiger partial charge on any atom is 0.235 e. The van der Waals surface area contributed by atoms with Crippen LogP contribution in [0.1, 0.15) is 29.5 Å². The van der Waals surface area contributed by atoms with Gasteiger partial charge in [-0.05, 0) is 82.3 Å². The molecule has 0 saturated heterocycles. The lowest BCUT2D eigenvalue weighted by molar-refractivity contribution is -0.118. The quantitative estimate of drug-likeness (QED) is 0.379. The van der Waals surface area contributed by atoms with Crippen molar-refractivity contribution in [1.82, 2.24) is 20.6 Å². The molecule has 172 valence electrons. The third-order valence-corrected chi connectivity index (χ3v) is 6.63. The number of benzene rings is 3. The first-order valence-electron chi connectivity index (χ1n) is 11.0. The van der Waals surface area contributed by atoms with E-state index < -0.39 is 5.41 Å². The van der Waals surface area contributed by atoms with E-state index in [2.05, 4.69) is 51.1 Å². The Labute approximate surface area is 202 Å². The summed E-state index contributed by atoms with van der Waals surface area (Å²) in [6, 6.07) is 19.6. The summed E-state index contributed by atoms with van der Waals surface area (Å²) in [5, 5.41) is 18.2. The highest BCUT2D eigenvalue weighted by Crippen LogP contribution is 2.49. The molecule has 0 bridgehead atoms. The lowest BCUT2D eigenvalue weighted by Crippen LogP contribution is -2.27. The number of carbonyl (C=O) groups is 1. The first-order valence-corrected chi connectivity index (χ1v) is 11.4. The Kier molecular flexibility index (Phi) is 5.89. The predicted molar refractivity (Wildman–Crippen MR) is 131 cm³/mol. The van der Waals surface area contributed by atoms with Crippen LogP contribution in [0.5, 0.6) is 0 Å². The highest BCUT2D eigenvalue weighted by Gasteiger charge is 2.51. The molecule has 2 N–H and O–H groups in total. The van der Waals surface area contributed by atoms with Crippen molar-refractivity contribution in [2.75, 3.05) is 12.4 Å². The topological polar surface area (TPSA) is 92.8 Å². The van der Waals surface area contributed by atoms with E-state index in [-0.39, 0.29) is 5.91 Å².